The Kier molecular flexibility index (Phi) is 5.48. The van der Waals surface area contributed by atoms with Crippen LogP contribution >= 0.6 is 11.6 Å². The fraction of sp³-hybridized carbons (Fsp3) is 0.667. The molecule has 2 unspecified atom stereocenters. The van der Waals surface area contributed by atoms with Crippen molar-refractivity contribution in [1.29, 1.82) is 0 Å². The molecule has 0 spiro atoms. The first-order chi connectivity index (χ1) is 7.97. The molecule has 0 radical (unpaired) electrons. The highest BCUT2D eigenvalue weighted by Gasteiger charge is 2.08. The Hall–Kier alpha value is -1.03. The Morgan fingerprint density at radius 1 is 1.29 bits per heavy atom. The second-order valence-corrected chi connectivity index (χ2v) is 5.21. The number of aromatic nitrogens is 2. The number of hydrogen-bond acceptors (Lipinski definition) is 4. The summed E-state index contributed by atoms with van der Waals surface area (Å²) >= 11 is 5.94. The van der Waals surface area contributed by atoms with Crippen LogP contribution in [0.4, 0.5) is 5.82 Å². The summed E-state index contributed by atoms with van der Waals surface area (Å²) in [7, 11) is 0. The maximum absolute atomic E-state index is 5.94. The summed E-state index contributed by atoms with van der Waals surface area (Å²) in [6.45, 7) is 7.98. The summed E-state index contributed by atoms with van der Waals surface area (Å²) in [5, 5.41) is 3.42. The van der Waals surface area contributed by atoms with Gasteiger partial charge in [0.05, 0.1) is 6.10 Å². The van der Waals surface area contributed by atoms with E-state index in [1.165, 1.54) is 6.33 Å². The van der Waals surface area contributed by atoms with Crippen LogP contribution in [0.3, 0.4) is 0 Å². The summed E-state index contributed by atoms with van der Waals surface area (Å²) in [5.74, 6) is 1.35. The normalized spacial score (nSPS) is 14.5. The maximum atomic E-state index is 5.94. The van der Waals surface area contributed by atoms with E-state index >= 15 is 0 Å². The third-order valence-electron chi connectivity index (χ3n) is 2.07. The SMILES string of the molecule is CC(Cl)CC(C)Nc1cc(OC(C)C)ncn1. The van der Waals surface area contributed by atoms with E-state index < -0.39 is 0 Å². The minimum atomic E-state index is 0.109. The number of nitrogens with zero attached hydrogens (tertiary/aromatic N) is 2. The Bertz CT molecular complexity index is 344. The molecule has 1 heterocycles. The smallest absolute Gasteiger partial charge is 0.218 e. The molecule has 0 aromatic carbocycles. The first kappa shape index (κ1) is 14.0. The van der Waals surface area contributed by atoms with Crippen LogP contribution in [0.2, 0.25) is 0 Å². The summed E-state index contributed by atoms with van der Waals surface area (Å²) in [5.41, 5.74) is 0. The Morgan fingerprint density at radius 2 is 2.00 bits per heavy atom. The van der Waals surface area contributed by atoms with Gasteiger partial charge in [-0.3, -0.25) is 0 Å². The lowest BCUT2D eigenvalue weighted by molar-refractivity contribution is 0.232. The molecule has 5 heteroatoms. The van der Waals surface area contributed by atoms with Gasteiger partial charge in [0, 0.05) is 17.5 Å². The molecule has 4 nitrogen and oxygen atoms in total. The van der Waals surface area contributed by atoms with Crippen molar-refractivity contribution in [1.82, 2.24) is 9.97 Å². The fourth-order valence-electron chi connectivity index (χ4n) is 1.52. The van der Waals surface area contributed by atoms with E-state index in [0.29, 0.717) is 5.88 Å². The molecule has 1 aromatic rings. The lowest BCUT2D eigenvalue weighted by Crippen LogP contribution is -2.19. The molecule has 0 fully saturated rings. The quantitative estimate of drug-likeness (QED) is 0.796. The zero-order chi connectivity index (χ0) is 12.8. The van der Waals surface area contributed by atoms with Crippen molar-refractivity contribution in [2.24, 2.45) is 0 Å². The molecule has 96 valence electrons. The van der Waals surface area contributed by atoms with Gasteiger partial charge < -0.3 is 10.1 Å². The summed E-state index contributed by atoms with van der Waals surface area (Å²) in [6.07, 6.45) is 2.49. The highest BCUT2D eigenvalue weighted by atomic mass is 35.5. The van der Waals surface area contributed by atoms with Crippen LogP contribution in [-0.4, -0.2) is 27.5 Å². The largest absolute Gasteiger partial charge is 0.475 e. The fourth-order valence-corrected chi connectivity index (χ4v) is 1.79. The minimum Gasteiger partial charge on any atom is -0.475 e. The van der Waals surface area contributed by atoms with E-state index in [9.17, 15) is 0 Å². The second-order valence-electron chi connectivity index (χ2n) is 4.47. The molecule has 0 aliphatic carbocycles. The summed E-state index contributed by atoms with van der Waals surface area (Å²) in [4.78, 5) is 8.20. The van der Waals surface area contributed by atoms with Crippen molar-refractivity contribution in [3.05, 3.63) is 12.4 Å². The molecule has 0 aliphatic rings. The van der Waals surface area contributed by atoms with Crippen molar-refractivity contribution < 1.29 is 4.74 Å². The highest BCUT2D eigenvalue weighted by molar-refractivity contribution is 6.20. The standard InChI is InChI=1S/C12H20ClN3O/c1-8(2)17-12-6-11(14-7-15-12)16-10(4)5-9(3)13/h6-10H,5H2,1-4H3,(H,14,15,16). The van der Waals surface area contributed by atoms with Gasteiger partial charge in [0.1, 0.15) is 12.1 Å². The van der Waals surface area contributed by atoms with Crippen LogP contribution < -0.4 is 10.1 Å². The number of alkyl halides is 1. The third kappa shape index (κ3) is 5.73. The lowest BCUT2D eigenvalue weighted by Gasteiger charge is -2.16. The predicted octanol–water partition coefficient (Wildman–Crippen LogP) is 3.08. The summed E-state index contributed by atoms with van der Waals surface area (Å²) < 4.78 is 5.50. The number of nitrogens with one attached hydrogen (secondary N) is 1. The Balaban J connectivity index is 2.59. The topological polar surface area (TPSA) is 47.0 Å². The molecule has 1 N–H and O–H groups in total. The van der Waals surface area contributed by atoms with E-state index in [1.54, 1.807) is 6.07 Å². The molecular weight excluding hydrogens is 238 g/mol. The summed E-state index contributed by atoms with van der Waals surface area (Å²) in [6, 6.07) is 2.07. The van der Waals surface area contributed by atoms with E-state index in [-0.39, 0.29) is 17.5 Å². The third-order valence-corrected chi connectivity index (χ3v) is 2.25. The Morgan fingerprint density at radius 3 is 2.59 bits per heavy atom. The van der Waals surface area contributed by atoms with Crippen molar-refractivity contribution in [2.45, 2.75) is 51.6 Å². The molecular formula is C12H20ClN3O. The van der Waals surface area contributed by atoms with Gasteiger partial charge in [-0.2, -0.15) is 0 Å². The van der Waals surface area contributed by atoms with Crippen LogP contribution in [0.15, 0.2) is 12.4 Å². The lowest BCUT2D eigenvalue weighted by atomic mass is 10.2. The number of ether oxygens (including phenoxy) is 1. The van der Waals surface area contributed by atoms with Gasteiger partial charge >= 0.3 is 0 Å². The van der Waals surface area contributed by atoms with Crippen molar-refractivity contribution in [2.75, 3.05) is 5.32 Å². The van der Waals surface area contributed by atoms with Gasteiger partial charge in [-0.05, 0) is 34.1 Å². The molecule has 0 saturated carbocycles. The molecule has 0 aliphatic heterocycles. The zero-order valence-electron chi connectivity index (χ0n) is 10.8. The number of hydrogen-bond donors (Lipinski definition) is 1. The minimum absolute atomic E-state index is 0.109. The molecule has 0 bridgehead atoms. The first-order valence-corrected chi connectivity index (χ1v) is 6.30. The average molecular weight is 258 g/mol. The molecule has 0 saturated heterocycles. The first-order valence-electron chi connectivity index (χ1n) is 5.86. The van der Waals surface area contributed by atoms with Crippen LogP contribution in [0.1, 0.15) is 34.1 Å². The van der Waals surface area contributed by atoms with Gasteiger partial charge in [0.15, 0.2) is 0 Å². The van der Waals surface area contributed by atoms with Gasteiger partial charge in [-0.25, -0.2) is 9.97 Å². The average Bonchev–Trinajstić information content (AvgIpc) is 2.14. The van der Waals surface area contributed by atoms with Crippen LogP contribution in [0.25, 0.3) is 0 Å². The van der Waals surface area contributed by atoms with Crippen molar-refractivity contribution in [3.8, 4) is 5.88 Å². The van der Waals surface area contributed by atoms with Gasteiger partial charge in [-0.15, -0.1) is 11.6 Å². The highest BCUT2D eigenvalue weighted by Crippen LogP contribution is 2.15. The number of rotatable bonds is 6. The Labute approximate surface area is 108 Å². The van der Waals surface area contributed by atoms with Gasteiger partial charge in [-0.1, -0.05) is 0 Å². The van der Waals surface area contributed by atoms with E-state index in [0.717, 1.165) is 12.2 Å². The molecule has 2 atom stereocenters. The number of anilines is 1. The van der Waals surface area contributed by atoms with Crippen molar-refractivity contribution >= 4 is 17.4 Å². The van der Waals surface area contributed by atoms with Crippen LogP contribution in [0.5, 0.6) is 5.88 Å². The van der Waals surface area contributed by atoms with E-state index in [2.05, 4.69) is 22.2 Å². The second kappa shape index (κ2) is 6.64. The molecule has 1 aromatic heterocycles. The molecule has 17 heavy (non-hydrogen) atoms. The maximum Gasteiger partial charge on any atom is 0.218 e. The monoisotopic (exact) mass is 257 g/mol. The predicted molar refractivity (Wildman–Crippen MR) is 70.8 cm³/mol. The van der Waals surface area contributed by atoms with Gasteiger partial charge in [0.2, 0.25) is 5.88 Å². The van der Waals surface area contributed by atoms with Crippen LogP contribution in [-0.2, 0) is 0 Å². The van der Waals surface area contributed by atoms with E-state index in [1.807, 2.05) is 20.8 Å². The van der Waals surface area contributed by atoms with E-state index in [4.69, 9.17) is 16.3 Å². The van der Waals surface area contributed by atoms with Crippen LogP contribution in [0, 0.1) is 0 Å². The zero-order valence-corrected chi connectivity index (χ0v) is 11.5. The van der Waals surface area contributed by atoms with Crippen molar-refractivity contribution in [3.63, 3.8) is 0 Å². The number of halogens is 1. The molecule has 0 amide bonds. The van der Waals surface area contributed by atoms with Gasteiger partial charge in [0.25, 0.3) is 0 Å². The molecule has 1 rings (SSSR count).